The zero-order valence-corrected chi connectivity index (χ0v) is 10.3. The topological polar surface area (TPSA) is 61.2 Å². The number of hydrogen-bond donors (Lipinski definition) is 0. The standard InChI is InChI=1S/C10H14N2O3S/c1-4-15-9(14)6-16-10-8(5-13)7(2)11-12(10)3/h5H,4,6H2,1-3H3. The number of ether oxygens (including phenoxy) is 1. The van der Waals surface area contributed by atoms with Gasteiger partial charge < -0.3 is 4.74 Å². The number of rotatable bonds is 5. The highest BCUT2D eigenvalue weighted by Gasteiger charge is 2.14. The van der Waals surface area contributed by atoms with Crippen molar-refractivity contribution in [1.29, 1.82) is 0 Å². The van der Waals surface area contributed by atoms with E-state index in [9.17, 15) is 9.59 Å². The van der Waals surface area contributed by atoms with Gasteiger partial charge in [0.1, 0.15) is 5.03 Å². The maximum atomic E-state index is 11.2. The van der Waals surface area contributed by atoms with Crippen LogP contribution in [0.1, 0.15) is 23.0 Å². The van der Waals surface area contributed by atoms with Crippen molar-refractivity contribution >= 4 is 24.0 Å². The van der Waals surface area contributed by atoms with Crippen molar-refractivity contribution in [2.24, 2.45) is 7.05 Å². The Bertz CT molecular complexity index is 401. The van der Waals surface area contributed by atoms with Gasteiger partial charge in [-0.15, -0.1) is 0 Å². The molecule has 0 bridgehead atoms. The molecular formula is C10H14N2O3S. The Morgan fingerprint density at radius 2 is 2.31 bits per heavy atom. The number of thioether (sulfide) groups is 1. The molecule has 0 unspecified atom stereocenters. The summed E-state index contributed by atoms with van der Waals surface area (Å²) in [4.78, 5) is 22.0. The second kappa shape index (κ2) is 5.69. The lowest BCUT2D eigenvalue weighted by molar-refractivity contribution is -0.139. The molecule has 0 atom stereocenters. The average molecular weight is 242 g/mol. The SMILES string of the molecule is CCOC(=O)CSc1c(C=O)c(C)nn1C. The van der Waals surface area contributed by atoms with Gasteiger partial charge in [-0.3, -0.25) is 14.3 Å². The quantitative estimate of drug-likeness (QED) is 0.441. The van der Waals surface area contributed by atoms with Crippen LogP contribution in [0, 0.1) is 6.92 Å². The molecule has 0 radical (unpaired) electrons. The molecule has 0 fully saturated rings. The highest BCUT2D eigenvalue weighted by atomic mass is 32.2. The number of esters is 1. The van der Waals surface area contributed by atoms with E-state index in [0.29, 0.717) is 22.9 Å². The first-order valence-electron chi connectivity index (χ1n) is 4.87. The van der Waals surface area contributed by atoms with Gasteiger partial charge in [-0.2, -0.15) is 5.10 Å². The summed E-state index contributed by atoms with van der Waals surface area (Å²) in [5.41, 5.74) is 1.21. The summed E-state index contributed by atoms with van der Waals surface area (Å²) in [6, 6.07) is 0. The highest BCUT2D eigenvalue weighted by molar-refractivity contribution is 8.00. The normalized spacial score (nSPS) is 10.2. The van der Waals surface area contributed by atoms with Crippen LogP contribution in [0.2, 0.25) is 0 Å². The highest BCUT2D eigenvalue weighted by Crippen LogP contribution is 2.23. The van der Waals surface area contributed by atoms with Gasteiger partial charge in [0.25, 0.3) is 0 Å². The van der Waals surface area contributed by atoms with Crippen LogP contribution in [-0.4, -0.2) is 34.4 Å². The molecule has 0 saturated carbocycles. The first-order valence-corrected chi connectivity index (χ1v) is 5.85. The molecule has 0 amide bonds. The minimum Gasteiger partial charge on any atom is -0.465 e. The number of hydrogen-bond acceptors (Lipinski definition) is 5. The largest absolute Gasteiger partial charge is 0.465 e. The van der Waals surface area contributed by atoms with Crippen LogP contribution >= 0.6 is 11.8 Å². The number of carbonyl (C=O) groups excluding carboxylic acids is 2. The Morgan fingerprint density at radius 3 is 2.88 bits per heavy atom. The van der Waals surface area contributed by atoms with Gasteiger partial charge in [0.2, 0.25) is 0 Å². The summed E-state index contributed by atoms with van der Waals surface area (Å²) in [6.07, 6.45) is 0.760. The molecule has 0 aliphatic carbocycles. The Morgan fingerprint density at radius 1 is 1.62 bits per heavy atom. The van der Waals surface area contributed by atoms with Crippen LogP contribution in [-0.2, 0) is 16.6 Å². The fraction of sp³-hybridized carbons (Fsp3) is 0.500. The van der Waals surface area contributed by atoms with E-state index >= 15 is 0 Å². The van der Waals surface area contributed by atoms with E-state index in [0.717, 1.165) is 6.29 Å². The number of carbonyl (C=O) groups is 2. The number of aldehydes is 1. The second-order valence-corrected chi connectivity index (χ2v) is 4.10. The summed E-state index contributed by atoms with van der Waals surface area (Å²) in [5, 5.41) is 4.81. The summed E-state index contributed by atoms with van der Waals surface area (Å²) in [6.45, 7) is 3.89. The molecule has 0 saturated heterocycles. The predicted octanol–water partition coefficient (Wildman–Crippen LogP) is 1.20. The first kappa shape index (κ1) is 12.8. The lowest BCUT2D eigenvalue weighted by Crippen LogP contribution is -2.07. The summed E-state index contributed by atoms with van der Waals surface area (Å²) < 4.78 is 6.41. The van der Waals surface area contributed by atoms with E-state index in [2.05, 4.69) is 5.10 Å². The zero-order chi connectivity index (χ0) is 12.1. The maximum absolute atomic E-state index is 11.2. The molecule has 1 aromatic heterocycles. The molecule has 0 spiro atoms. The van der Waals surface area contributed by atoms with E-state index in [1.165, 1.54) is 11.8 Å². The maximum Gasteiger partial charge on any atom is 0.316 e. The molecule has 0 aliphatic heterocycles. The van der Waals surface area contributed by atoms with Gasteiger partial charge in [-0.05, 0) is 13.8 Å². The van der Waals surface area contributed by atoms with E-state index in [-0.39, 0.29) is 11.7 Å². The first-order chi connectivity index (χ1) is 7.60. The van der Waals surface area contributed by atoms with E-state index in [1.807, 2.05) is 0 Å². The van der Waals surface area contributed by atoms with Gasteiger partial charge in [-0.25, -0.2) is 0 Å². The van der Waals surface area contributed by atoms with Crippen molar-refractivity contribution in [2.75, 3.05) is 12.4 Å². The molecule has 1 heterocycles. The molecule has 88 valence electrons. The number of aromatic nitrogens is 2. The Labute approximate surface area is 98.2 Å². The van der Waals surface area contributed by atoms with Gasteiger partial charge >= 0.3 is 5.97 Å². The molecule has 0 aliphatic rings. The van der Waals surface area contributed by atoms with Crippen molar-refractivity contribution in [3.63, 3.8) is 0 Å². The molecule has 0 aromatic carbocycles. The Kier molecular flexibility index (Phi) is 4.54. The summed E-state index contributed by atoms with van der Waals surface area (Å²) in [5.74, 6) is -0.101. The van der Waals surface area contributed by atoms with Crippen LogP contribution in [0.15, 0.2) is 5.03 Å². The fourth-order valence-electron chi connectivity index (χ4n) is 1.29. The summed E-state index contributed by atoms with van der Waals surface area (Å²) >= 11 is 1.26. The van der Waals surface area contributed by atoms with Crippen molar-refractivity contribution in [3.05, 3.63) is 11.3 Å². The van der Waals surface area contributed by atoms with Crippen LogP contribution < -0.4 is 0 Å². The van der Waals surface area contributed by atoms with Crippen molar-refractivity contribution in [2.45, 2.75) is 18.9 Å². The number of aryl methyl sites for hydroxylation is 2. The smallest absolute Gasteiger partial charge is 0.316 e. The van der Waals surface area contributed by atoms with E-state index in [4.69, 9.17) is 4.74 Å². The van der Waals surface area contributed by atoms with Crippen LogP contribution in [0.25, 0.3) is 0 Å². The van der Waals surface area contributed by atoms with Gasteiger partial charge in [0, 0.05) is 7.05 Å². The predicted molar refractivity (Wildman–Crippen MR) is 60.7 cm³/mol. The molecule has 0 N–H and O–H groups in total. The monoisotopic (exact) mass is 242 g/mol. The van der Waals surface area contributed by atoms with E-state index in [1.54, 1.807) is 25.6 Å². The molecule has 5 nitrogen and oxygen atoms in total. The Hall–Kier alpha value is -1.30. The third-order valence-electron chi connectivity index (χ3n) is 1.96. The lowest BCUT2D eigenvalue weighted by Gasteiger charge is -2.02. The Balaban J connectivity index is 2.73. The zero-order valence-electron chi connectivity index (χ0n) is 9.52. The molecule has 6 heteroatoms. The van der Waals surface area contributed by atoms with Crippen LogP contribution in [0.4, 0.5) is 0 Å². The summed E-state index contributed by atoms with van der Waals surface area (Å²) in [7, 11) is 1.74. The fourth-order valence-corrected chi connectivity index (χ4v) is 2.21. The van der Waals surface area contributed by atoms with Crippen molar-refractivity contribution in [1.82, 2.24) is 9.78 Å². The minimum absolute atomic E-state index is 0.188. The third kappa shape index (κ3) is 2.85. The molecule has 1 aromatic rings. The van der Waals surface area contributed by atoms with Crippen LogP contribution in [0.5, 0.6) is 0 Å². The molecule has 1 rings (SSSR count). The lowest BCUT2D eigenvalue weighted by atomic mass is 10.3. The van der Waals surface area contributed by atoms with Gasteiger partial charge in [0.05, 0.1) is 23.6 Å². The average Bonchev–Trinajstić information content (AvgIpc) is 2.50. The van der Waals surface area contributed by atoms with Crippen LogP contribution in [0.3, 0.4) is 0 Å². The molecule has 16 heavy (non-hydrogen) atoms. The molecular weight excluding hydrogens is 228 g/mol. The van der Waals surface area contributed by atoms with Crippen molar-refractivity contribution in [3.8, 4) is 0 Å². The van der Waals surface area contributed by atoms with E-state index < -0.39 is 0 Å². The second-order valence-electron chi connectivity index (χ2n) is 3.14. The van der Waals surface area contributed by atoms with Gasteiger partial charge in [-0.1, -0.05) is 11.8 Å². The van der Waals surface area contributed by atoms with Gasteiger partial charge in [0.15, 0.2) is 6.29 Å². The van der Waals surface area contributed by atoms with Crippen molar-refractivity contribution < 1.29 is 14.3 Å². The minimum atomic E-state index is -0.289. The number of nitrogens with zero attached hydrogens (tertiary/aromatic N) is 2. The third-order valence-corrected chi connectivity index (χ3v) is 3.10.